The van der Waals surface area contributed by atoms with Gasteiger partial charge in [0.05, 0.1) is 21.6 Å². The fourth-order valence-electron chi connectivity index (χ4n) is 2.19. The fraction of sp³-hybridized carbons (Fsp3) is 0.267. The standard InChI is InChI=1S/C15H16N4OS/c1-11(17-14(20)9-19-7-6-16-10-19)8-15-18-12-4-2-3-5-13(12)21-15/h2-7,10-11H,8-9H2,1H3,(H,17,20). The molecule has 0 spiro atoms. The van der Waals surface area contributed by atoms with Crippen molar-refractivity contribution in [2.75, 3.05) is 0 Å². The number of aromatic nitrogens is 3. The second-order valence-electron chi connectivity index (χ2n) is 4.98. The number of nitrogens with zero attached hydrogens (tertiary/aromatic N) is 3. The fourth-order valence-corrected chi connectivity index (χ4v) is 3.28. The number of amides is 1. The van der Waals surface area contributed by atoms with E-state index in [1.54, 1.807) is 34.6 Å². The molecule has 0 fully saturated rings. The maximum Gasteiger partial charge on any atom is 0.240 e. The van der Waals surface area contributed by atoms with Crippen molar-refractivity contribution in [3.63, 3.8) is 0 Å². The highest BCUT2D eigenvalue weighted by Gasteiger charge is 2.11. The van der Waals surface area contributed by atoms with Crippen molar-refractivity contribution >= 4 is 27.5 Å². The molecule has 21 heavy (non-hydrogen) atoms. The van der Waals surface area contributed by atoms with Gasteiger partial charge in [0.1, 0.15) is 6.54 Å². The monoisotopic (exact) mass is 300 g/mol. The maximum atomic E-state index is 11.9. The molecular weight excluding hydrogens is 284 g/mol. The lowest BCUT2D eigenvalue weighted by atomic mass is 10.2. The molecule has 2 aromatic heterocycles. The number of carbonyl (C=O) groups is 1. The van der Waals surface area contributed by atoms with Crippen LogP contribution in [0.25, 0.3) is 10.2 Å². The summed E-state index contributed by atoms with van der Waals surface area (Å²) in [4.78, 5) is 20.4. The number of hydrogen-bond acceptors (Lipinski definition) is 4. The van der Waals surface area contributed by atoms with Crippen molar-refractivity contribution in [2.45, 2.75) is 25.9 Å². The Morgan fingerprint density at radius 1 is 1.43 bits per heavy atom. The molecular formula is C15H16N4OS. The normalized spacial score (nSPS) is 12.4. The minimum absolute atomic E-state index is 0.0124. The molecule has 0 bridgehead atoms. The quantitative estimate of drug-likeness (QED) is 0.786. The number of nitrogens with one attached hydrogen (secondary N) is 1. The first-order valence-corrected chi connectivity index (χ1v) is 7.62. The van der Waals surface area contributed by atoms with Crippen LogP contribution in [0.4, 0.5) is 0 Å². The van der Waals surface area contributed by atoms with Gasteiger partial charge in [0.15, 0.2) is 0 Å². The van der Waals surface area contributed by atoms with E-state index in [2.05, 4.69) is 21.4 Å². The molecule has 1 N–H and O–H groups in total. The first-order chi connectivity index (χ1) is 10.2. The van der Waals surface area contributed by atoms with Gasteiger partial charge in [-0.1, -0.05) is 12.1 Å². The number of hydrogen-bond donors (Lipinski definition) is 1. The lowest BCUT2D eigenvalue weighted by Crippen LogP contribution is -2.36. The molecule has 0 radical (unpaired) electrons. The van der Waals surface area contributed by atoms with Gasteiger partial charge in [-0.15, -0.1) is 11.3 Å². The van der Waals surface area contributed by atoms with Gasteiger partial charge in [0.2, 0.25) is 5.91 Å². The van der Waals surface area contributed by atoms with Gasteiger partial charge in [-0.25, -0.2) is 9.97 Å². The highest BCUT2D eigenvalue weighted by Crippen LogP contribution is 2.22. The molecule has 1 amide bonds. The summed E-state index contributed by atoms with van der Waals surface area (Å²) < 4.78 is 2.93. The number of carbonyl (C=O) groups excluding carboxylic acids is 1. The lowest BCUT2D eigenvalue weighted by molar-refractivity contribution is -0.122. The predicted molar refractivity (Wildman–Crippen MR) is 83.2 cm³/mol. The molecule has 1 aromatic carbocycles. The molecule has 108 valence electrons. The summed E-state index contributed by atoms with van der Waals surface area (Å²) in [5.41, 5.74) is 1.02. The summed E-state index contributed by atoms with van der Waals surface area (Å²) in [5.74, 6) is -0.0124. The smallest absolute Gasteiger partial charge is 0.240 e. The Labute approximate surface area is 126 Å². The summed E-state index contributed by atoms with van der Waals surface area (Å²) in [6, 6.07) is 8.14. The lowest BCUT2D eigenvalue weighted by Gasteiger charge is -2.12. The second-order valence-corrected chi connectivity index (χ2v) is 6.10. The third-order valence-corrected chi connectivity index (χ3v) is 4.17. The van der Waals surface area contributed by atoms with E-state index < -0.39 is 0 Å². The van der Waals surface area contributed by atoms with Crippen molar-refractivity contribution in [2.24, 2.45) is 0 Å². The van der Waals surface area contributed by atoms with Gasteiger partial charge < -0.3 is 9.88 Å². The Hall–Kier alpha value is -2.21. The van der Waals surface area contributed by atoms with E-state index in [0.29, 0.717) is 6.54 Å². The van der Waals surface area contributed by atoms with Gasteiger partial charge in [0.25, 0.3) is 0 Å². The van der Waals surface area contributed by atoms with Gasteiger partial charge in [-0.05, 0) is 19.1 Å². The van der Waals surface area contributed by atoms with E-state index in [9.17, 15) is 4.79 Å². The summed E-state index contributed by atoms with van der Waals surface area (Å²) >= 11 is 1.68. The molecule has 0 saturated heterocycles. The largest absolute Gasteiger partial charge is 0.352 e. The average Bonchev–Trinajstić information content (AvgIpc) is 3.06. The van der Waals surface area contributed by atoms with Crippen LogP contribution in [0.15, 0.2) is 43.0 Å². The SMILES string of the molecule is CC(Cc1nc2ccccc2s1)NC(=O)Cn1ccnc1. The highest BCUT2D eigenvalue weighted by molar-refractivity contribution is 7.18. The first-order valence-electron chi connectivity index (χ1n) is 6.80. The maximum absolute atomic E-state index is 11.9. The molecule has 5 nitrogen and oxygen atoms in total. The molecule has 0 saturated carbocycles. The van der Waals surface area contributed by atoms with Crippen LogP contribution in [-0.4, -0.2) is 26.5 Å². The zero-order valence-corrected chi connectivity index (χ0v) is 12.5. The number of fused-ring (bicyclic) bond motifs is 1. The van der Waals surface area contributed by atoms with Crippen molar-refractivity contribution in [3.05, 3.63) is 48.0 Å². The Morgan fingerprint density at radius 3 is 3.05 bits per heavy atom. The van der Waals surface area contributed by atoms with Crippen LogP contribution in [0.2, 0.25) is 0 Å². The topological polar surface area (TPSA) is 59.8 Å². The molecule has 1 unspecified atom stereocenters. The Morgan fingerprint density at radius 2 is 2.29 bits per heavy atom. The van der Waals surface area contributed by atoms with E-state index in [1.807, 2.05) is 25.1 Å². The second kappa shape index (κ2) is 6.05. The van der Waals surface area contributed by atoms with E-state index in [0.717, 1.165) is 16.9 Å². The number of thiazole rings is 1. The van der Waals surface area contributed by atoms with E-state index in [1.165, 1.54) is 4.70 Å². The van der Waals surface area contributed by atoms with Crippen molar-refractivity contribution in [3.8, 4) is 0 Å². The van der Waals surface area contributed by atoms with Crippen LogP contribution in [0, 0.1) is 0 Å². The van der Waals surface area contributed by atoms with Gasteiger partial charge in [-0.2, -0.15) is 0 Å². The average molecular weight is 300 g/mol. The first kappa shape index (κ1) is 13.8. The molecule has 0 aliphatic heterocycles. The molecule has 6 heteroatoms. The Bertz CT molecular complexity index is 702. The third kappa shape index (κ3) is 3.46. The summed E-state index contributed by atoms with van der Waals surface area (Å²) in [6.45, 7) is 2.29. The molecule has 2 heterocycles. The van der Waals surface area contributed by atoms with E-state index in [-0.39, 0.29) is 11.9 Å². The van der Waals surface area contributed by atoms with Crippen LogP contribution in [-0.2, 0) is 17.8 Å². The molecule has 3 rings (SSSR count). The van der Waals surface area contributed by atoms with Crippen LogP contribution in [0.3, 0.4) is 0 Å². The van der Waals surface area contributed by atoms with Crippen LogP contribution >= 0.6 is 11.3 Å². The van der Waals surface area contributed by atoms with Crippen LogP contribution < -0.4 is 5.32 Å². The molecule has 3 aromatic rings. The highest BCUT2D eigenvalue weighted by atomic mass is 32.1. The summed E-state index contributed by atoms with van der Waals surface area (Å²) in [5, 5.41) is 4.04. The molecule has 1 atom stereocenters. The van der Waals surface area contributed by atoms with Crippen molar-refractivity contribution < 1.29 is 4.79 Å². The number of para-hydroxylation sites is 1. The molecule has 0 aliphatic rings. The van der Waals surface area contributed by atoms with Gasteiger partial charge in [-0.3, -0.25) is 4.79 Å². The van der Waals surface area contributed by atoms with E-state index in [4.69, 9.17) is 0 Å². The minimum Gasteiger partial charge on any atom is -0.352 e. The zero-order chi connectivity index (χ0) is 14.7. The van der Waals surface area contributed by atoms with Gasteiger partial charge >= 0.3 is 0 Å². The molecule has 0 aliphatic carbocycles. The van der Waals surface area contributed by atoms with Gasteiger partial charge in [0, 0.05) is 24.9 Å². The Balaban J connectivity index is 1.58. The van der Waals surface area contributed by atoms with Crippen LogP contribution in [0.1, 0.15) is 11.9 Å². The predicted octanol–water partition coefficient (Wildman–Crippen LogP) is 2.24. The minimum atomic E-state index is -0.0124. The van der Waals surface area contributed by atoms with Crippen molar-refractivity contribution in [1.29, 1.82) is 0 Å². The third-order valence-electron chi connectivity index (χ3n) is 3.11. The summed E-state index contributed by atoms with van der Waals surface area (Å²) in [7, 11) is 0. The zero-order valence-electron chi connectivity index (χ0n) is 11.7. The summed E-state index contributed by atoms with van der Waals surface area (Å²) in [6.07, 6.45) is 5.82. The van der Waals surface area contributed by atoms with E-state index >= 15 is 0 Å². The Kier molecular flexibility index (Phi) is 3.96. The van der Waals surface area contributed by atoms with Crippen molar-refractivity contribution in [1.82, 2.24) is 19.9 Å². The number of benzene rings is 1. The number of imidazole rings is 1. The number of rotatable bonds is 5. The van der Waals surface area contributed by atoms with Crippen LogP contribution in [0.5, 0.6) is 0 Å².